The van der Waals surface area contributed by atoms with Crippen LogP contribution in [0.1, 0.15) is 24.6 Å². The smallest absolute Gasteiger partial charge is 0.222 e. The summed E-state index contributed by atoms with van der Waals surface area (Å²) < 4.78 is 2.23. The fourth-order valence-electron chi connectivity index (χ4n) is 2.05. The Kier molecular flexibility index (Phi) is 5.24. The average Bonchev–Trinajstić information content (AvgIpc) is 2.85. The van der Waals surface area contributed by atoms with E-state index in [0.29, 0.717) is 11.9 Å². The van der Waals surface area contributed by atoms with Gasteiger partial charge in [0.15, 0.2) is 0 Å². The minimum atomic E-state index is 0.297. The number of thiophene rings is 1. The summed E-state index contributed by atoms with van der Waals surface area (Å²) in [5.74, 6) is 0.297. The molecule has 1 N–H and O–H groups in total. The van der Waals surface area contributed by atoms with Gasteiger partial charge in [-0.05, 0) is 51.3 Å². The Balaban J connectivity index is 1.77. The van der Waals surface area contributed by atoms with Crippen LogP contribution in [0.5, 0.6) is 0 Å². The number of carbonyl (C=O) groups is 1. The summed E-state index contributed by atoms with van der Waals surface area (Å²) in [7, 11) is 0. The predicted octanol–water partition coefficient (Wildman–Crippen LogP) is 3.37. The first kappa shape index (κ1) is 14.5. The van der Waals surface area contributed by atoms with E-state index in [9.17, 15) is 4.79 Å². The minimum absolute atomic E-state index is 0.297. The lowest BCUT2D eigenvalue weighted by molar-refractivity contribution is -0.127. The summed E-state index contributed by atoms with van der Waals surface area (Å²) in [6.07, 6.45) is 1.73. The first-order valence-electron chi connectivity index (χ1n) is 6.01. The summed E-state index contributed by atoms with van der Waals surface area (Å²) in [6, 6.07) is 2.45. The van der Waals surface area contributed by atoms with Crippen molar-refractivity contribution in [1.29, 1.82) is 0 Å². The number of amides is 1. The van der Waals surface area contributed by atoms with Crippen LogP contribution < -0.4 is 5.32 Å². The van der Waals surface area contributed by atoms with Crippen LogP contribution in [0.3, 0.4) is 0 Å². The molecule has 1 amide bonds. The van der Waals surface area contributed by atoms with Crippen molar-refractivity contribution in [3.63, 3.8) is 0 Å². The quantitative estimate of drug-likeness (QED) is 0.828. The summed E-state index contributed by atoms with van der Waals surface area (Å²) in [4.78, 5) is 14.8. The highest BCUT2D eigenvalue weighted by atomic mass is 79.9. The zero-order valence-corrected chi connectivity index (χ0v) is 14.2. The predicted molar refractivity (Wildman–Crippen MR) is 81.8 cm³/mol. The van der Waals surface area contributed by atoms with Crippen molar-refractivity contribution in [3.8, 4) is 0 Å². The first-order valence-corrected chi connectivity index (χ1v) is 8.41. The van der Waals surface area contributed by atoms with Gasteiger partial charge in [-0.25, -0.2) is 0 Å². The van der Waals surface area contributed by atoms with E-state index in [-0.39, 0.29) is 0 Å². The second kappa shape index (κ2) is 6.50. The van der Waals surface area contributed by atoms with Gasteiger partial charge in [0, 0.05) is 41.4 Å². The van der Waals surface area contributed by atoms with Crippen LogP contribution in [0.4, 0.5) is 0 Å². The van der Waals surface area contributed by atoms with E-state index in [1.54, 1.807) is 11.3 Å². The van der Waals surface area contributed by atoms with Gasteiger partial charge in [0.05, 0.1) is 3.79 Å². The molecular formula is C12H16Br2N2OS. The molecule has 2 rings (SSSR count). The molecule has 6 heteroatoms. The van der Waals surface area contributed by atoms with Crippen molar-refractivity contribution >= 4 is 49.1 Å². The number of likely N-dealkylation sites (tertiary alicyclic amines) is 1. The number of nitrogens with one attached hydrogen (secondary N) is 1. The molecule has 0 saturated carbocycles. The third-order valence-corrected chi connectivity index (χ3v) is 6.24. The van der Waals surface area contributed by atoms with Gasteiger partial charge in [0.2, 0.25) is 5.91 Å². The van der Waals surface area contributed by atoms with Crippen LogP contribution in [0, 0.1) is 0 Å². The molecule has 1 aromatic heterocycles. The Morgan fingerprint density at radius 3 is 2.89 bits per heavy atom. The summed E-state index contributed by atoms with van der Waals surface area (Å²) in [5.41, 5.74) is 0. The fraction of sp³-hybridized carbons (Fsp3) is 0.583. The van der Waals surface area contributed by atoms with Crippen LogP contribution in [0.15, 0.2) is 14.3 Å². The zero-order chi connectivity index (χ0) is 13.1. The second-order valence-electron chi connectivity index (χ2n) is 4.56. The molecule has 2 heterocycles. The fourth-order valence-corrected chi connectivity index (χ4v) is 4.17. The number of rotatable bonds is 5. The molecule has 0 spiro atoms. The van der Waals surface area contributed by atoms with E-state index < -0.39 is 0 Å². The lowest BCUT2D eigenvalue weighted by atomic mass is 10.3. The monoisotopic (exact) mass is 394 g/mol. The summed E-state index contributed by atoms with van der Waals surface area (Å²) in [5, 5.41) is 3.46. The van der Waals surface area contributed by atoms with Crippen LogP contribution in [-0.4, -0.2) is 29.9 Å². The van der Waals surface area contributed by atoms with E-state index in [2.05, 4.69) is 50.2 Å². The lowest BCUT2D eigenvalue weighted by Crippen LogP contribution is -2.39. The van der Waals surface area contributed by atoms with Gasteiger partial charge in [-0.1, -0.05) is 0 Å². The van der Waals surface area contributed by atoms with Crippen molar-refractivity contribution in [2.45, 2.75) is 32.4 Å². The molecule has 1 saturated heterocycles. The molecule has 3 nitrogen and oxygen atoms in total. The van der Waals surface area contributed by atoms with Crippen molar-refractivity contribution in [3.05, 3.63) is 19.2 Å². The molecule has 1 atom stereocenters. The molecule has 1 aromatic rings. The van der Waals surface area contributed by atoms with Crippen LogP contribution in [0.25, 0.3) is 0 Å². The molecule has 1 aliphatic heterocycles. The number of nitrogens with zero attached hydrogens (tertiary/aromatic N) is 1. The Labute approximate surface area is 128 Å². The average molecular weight is 396 g/mol. The Hall–Kier alpha value is 0.0900. The van der Waals surface area contributed by atoms with E-state index >= 15 is 0 Å². The second-order valence-corrected chi connectivity index (χ2v) is 7.87. The van der Waals surface area contributed by atoms with Gasteiger partial charge in [-0.2, -0.15) is 0 Å². The van der Waals surface area contributed by atoms with E-state index in [0.717, 1.165) is 40.7 Å². The van der Waals surface area contributed by atoms with Crippen LogP contribution in [0.2, 0.25) is 0 Å². The van der Waals surface area contributed by atoms with Crippen molar-refractivity contribution in [2.75, 3.05) is 13.1 Å². The van der Waals surface area contributed by atoms with Crippen molar-refractivity contribution < 1.29 is 4.79 Å². The van der Waals surface area contributed by atoms with Gasteiger partial charge >= 0.3 is 0 Å². The Morgan fingerprint density at radius 2 is 2.33 bits per heavy atom. The van der Waals surface area contributed by atoms with Gasteiger partial charge in [-0.3, -0.25) is 4.79 Å². The van der Waals surface area contributed by atoms with Crippen molar-refractivity contribution in [2.24, 2.45) is 0 Å². The standard InChI is InChI=1S/C12H16Br2N2OS/c1-8(7-16-4-2-3-11(16)17)15-6-9-5-10(13)12(14)18-9/h5,8,15H,2-4,6-7H2,1H3. The summed E-state index contributed by atoms with van der Waals surface area (Å²) >= 11 is 8.70. The van der Waals surface area contributed by atoms with E-state index in [1.807, 2.05) is 4.90 Å². The molecule has 18 heavy (non-hydrogen) atoms. The first-order chi connectivity index (χ1) is 8.56. The van der Waals surface area contributed by atoms with Gasteiger partial charge in [-0.15, -0.1) is 11.3 Å². The molecule has 0 radical (unpaired) electrons. The highest BCUT2D eigenvalue weighted by Gasteiger charge is 2.21. The maximum Gasteiger partial charge on any atom is 0.222 e. The highest BCUT2D eigenvalue weighted by Crippen LogP contribution is 2.32. The highest BCUT2D eigenvalue weighted by molar-refractivity contribution is 9.13. The normalized spacial score (nSPS) is 17.5. The molecule has 1 aliphatic rings. The molecule has 0 bridgehead atoms. The Morgan fingerprint density at radius 1 is 1.56 bits per heavy atom. The summed E-state index contributed by atoms with van der Waals surface area (Å²) in [6.45, 7) is 4.70. The molecule has 1 fully saturated rings. The Bertz CT molecular complexity index is 416. The molecule has 0 aliphatic carbocycles. The van der Waals surface area contributed by atoms with Crippen molar-refractivity contribution in [1.82, 2.24) is 10.2 Å². The SMILES string of the molecule is CC(CN1CCCC1=O)NCc1cc(Br)c(Br)s1. The van der Waals surface area contributed by atoms with Gasteiger partial charge in [0.25, 0.3) is 0 Å². The van der Waals surface area contributed by atoms with Crippen LogP contribution in [-0.2, 0) is 11.3 Å². The number of halogens is 2. The molecular weight excluding hydrogens is 380 g/mol. The van der Waals surface area contributed by atoms with Crippen LogP contribution >= 0.6 is 43.2 Å². The number of carbonyl (C=O) groups excluding carboxylic acids is 1. The van der Waals surface area contributed by atoms with E-state index in [4.69, 9.17) is 0 Å². The van der Waals surface area contributed by atoms with Gasteiger partial charge < -0.3 is 10.2 Å². The topological polar surface area (TPSA) is 32.3 Å². The maximum absolute atomic E-state index is 11.5. The third kappa shape index (κ3) is 3.79. The third-order valence-electron chi connectivity index (χ3n) is 2.99. The lowest BCUT2D eigenvalue weighted by Gasteiger charge is -2.21. The largest absolute Gasteiger partial charge is 0.341 e. The molecule has 100 valence electrons. The minimum Gasteiger partial charge on any atom is -0.341 e. The molecule has 1 unspecified atom stereocenters. The zero-order valence-electron chi connectivity index (χ0n) is 10.2. The molecule has 0 aromatic carbocycles. The number of hydrogen-bond donors (Lipinski definition) is 1. The number of hydrogen-bond acceptors (Lipinski definition) is 3. The maximum atomic E-state index is 11.5. The van der Waals surface area contributed by atoms with E-state index in [1.165, 1.54) is 4.88 Å². The van der Waals surface area contributed by atoms with Gasteiger partial charge in [0.1, 0.15) is 0 Å².